The summed E-state index contributed by atoms with van der Waals surface area (Å²) in [7, 11) is 5.17. The van der Waals surface area contributed by atoms with Crippen LogP contribution in [-0.2, 0) is 9.59 Å². The summed E-state index contributed by atoms with van der Waals surface area (Å²) in [6.45, 7) is 0. The number of amides is 2. The molecule has 0 bridgehead atoms. The maximum absolute atomic E-state index is 13.8. The first-order valence-corrected chi connectivity index (χ1v) is 11.4. The lowest BCUT2D eigenvalue weighted by Crippen LogP contribution is -2.50. The minimum Gasteiger partial charge on any atom is -0.497 e. The van der Waals surface area contributed by atoms with Gasteiger partial charge in [-0.3, -0.25) is 9.59 Å². The minimum atomic E-state index is -0.433. The fourth-order valence-electron chi connectivity index (χ4n) is 5.20. The highest BCUT2D eigenvalue weighted by Gasteiger charge is 2.44. The average molecular weight is 437 g/mol. The van der Waals surface area contributed by atoms with E-state index in [9.17, 15) is 9.59 Å². The predicted molar refractivity (Wildman–Crippen MR) is 124 cm³/mol. The van der Waals surface area contributed by atoms with Crippen molar-refractivity contribution in [2.24, 2.45) is 5.92 Å². The van der Waals surface area contributed by atoms with E-state index in [0.717, 1.165) is 29.8 Å². The lowest BCUT2D eigenvalue weighted by molar-refractivity contribution is -0.139. The van der Waals surface area contributed by atoms with Crippen molar-refractivity contribution in [3.8, 4) is 11.5 Å². The predicted octanol–water partition coefficient (Wildman–Crippen LogP) is 4.59. The van der Waals surface area contributed by atoms with Crippen LogP contribution in [-0.4, -0.2) is 44.0 Å². The Balaban J connectivity index is 1.77. The van der Waals surface area contributed by atoms with Crippen LogP contribution in [0, 0.1) is 5.92 Å². The van der Waals surface area contributed by atoms with Gasteiger partial charge in [0.05, 0.1) is 26.2 Å². The zero-order valence-corrected chi connectivity index (χ0v) is 19.1. The molecule has 0 N–H and O–H groups in total. The van der Waals surface area contributed by atoms with Gasteiger partial charge in [-0.2, -0.15) is 0 Å². The van der Waals surface area contributed by atoms with Gasteiger partial charge in [0, 0.05) is 30.8 Å². The van der Waals surface area contributed by atoms with E-state index < -0.39 is 6.04 Å². The average Bonchev–Trinajstić information content (AvgIpc) is 3.38. The van der Waals surface area contributed by atoms with Gasteiger partial charge in [-0.05, 0) is 49.6 Å². The molecule has 0 radical (unpaired) electrons. The van der Waals surface area contributed by atoms with Crippen LogP contribution >= 0.6 is 0 Å². The Kier molecular flexibility index (Phi) is 6.68. The van der Waals surface area contributed by atoms with Crippen molar-refractivity contribution < 1.29 is 19.1 Å². The molecule has 2 amide bonds. The zero-order valence-electron chi connectivity index (χ0n) is 19.1. The van der Waals surface area contributed by atoms with Crippen molar-refractivity contribution >= 4 is 17.5 Å². The molecule has 32 heavy (non-hydrogen) atoms. The third kappa shape index (κ3) is 4.18. The van der Waals surface area contributed by atoms with Gasteiger partial charge >= 0.3 is 0 Å². The Morgan fingerprint density at radius 2 is 1.66 bits per heavy atom. The molecule has 2 aliphatic rings. The maximum Gasteiger partial charge on any atom is 0.228 e. The van der Waals surface area contributed by atoms with Crippen molar-refractivity contribution in [2.45, 2.75) is 50.6 Å². The third-order valence-electron chi connectivity index (χ3n) is 6.94. The van der Waals surface area contributed by atoms with E-state index >= 15 is 0 Å². The van der Waals surface area contributed by atoms with E-state index in [1.165, 1.54) is 12.8 Å². The summed E-state index contributed by atoms with van der Waals surface area (Å²) in [6, 6.07) is 15.0. The molecule has 1 aliphatic heterocycles. The molecule has 1 heterocycles. The van der Waals surface area contributed by atoms with Gasteiger partial charge in [-0.25, -0.2) is 0 Å². The first kappa shape index (κ1) is 22.2. The molecule has 1 aliphatic carbocycles. The number of rotatable bonds is 6. The van der Waals surface area contributed by atoms with Crippen molar-refractivity contribution in [3.63, 3.8) is 0 Å². The number of benzene rings is 2. The minimum absolute atomic E-state index is 0.0126. The molecule has 2 aromatic rings. The van der Waals surface area contributed by atoms with Gasteiger partial charge in [-0.15, -0.1) is 0 Å². The SMILES string of the molecule is COc1ccc(N2C(=O)CCC(C(=O)N(C)C3CCCC3)C2c2ccccc2OC)cc1. The van der Waals surface area contributed by atoms with Crippen molar-refractivity contribution in [3.05, 3.63) is 54.1 Å². The van der Waals surface area contributed by atoms with Gasteiger partial charge in [0.1, 0.15) is 11.5 Å². The lowest BCUT2D eigenvalue weighted by Gasteiger charge is -2.43. The summed E-state index contributed by atoms with van der Waals surface area (Å²) in [5.41, 5.74) is 1.62. The molecule has 0 spiro atoms. The van der Waals surface area contributed by atoms with E-state index in [2.05, 4.69) is 0 Å². The normalized spacial score (nSPS) is 21.5. The molecule has 2 atom stereocenters. The molecule has 2 aromatic carbocycles. The molecule has 2 unspecified atom stereocenters. The quantitative estimate of drug-likeness (QED) is 0.665. The van der Waals surface area contributed by atoms with Gasteiger partial charge < -0.3 is 19.3 Å². The van der Waals surface area contributed by atoms with E-state index in [0.29, 0.717) is 18.6 Å². The van der Waals surface area contributed by atoms with Crippen LogP contribution in [0.3, 0.4) is 0 Å². The Bertz CT molecular complexity index is 953. The smallest absolute Gasteiger partial charge is 0.228 e. The Morgan fingerprint density at radius 1 is 0.969 bits per heavy atom. The van der Waals surface area contributed by atoms with Gasteiger partial charge in [0.15, 0.2) is 0 Å². The fourth-order valence-corrected chi connectivity index (χ4v) is 5.20. The second kappa shape index (κ2) is 9.63. The second-order valence-corrected chi connectivity index (χ2v) is 8.68. The third-order valence-corrected chi connectivity index (χ3v) is 6.94. The largest absolute Gasteiger partial charge is 0.497 e. The number of para-hydroxylation sites is 1. The molecule has 2 fully saturated rings. The highest BCUT2D eigenvalue weighted by molar-refractivity contribution is 5.97. The van der Waals surface area contributed by atoms with Crippen molar-refractivity contribution in [1.29, 1.82) is 0 Å². The van der Waals surface area contributed by atoms with Gasteiger partial charge in [-0.1, -0.05) is 31.0 Å². The fraction of sp³-hybridized carbons (Fsp3) is 0.462. The maximum atomic E-state index is 13.8. The summed E-state index contributed by atoms with van der Waals surface area (Å²) in [5.74, 6) is 1.20. The first-order valence-electron chi connectivity index (χ1n) is 11.4. The summed E-state index contributed by atoms with van der Waals surface area (Å²) in [4.78, 5) is 30.8. The number of hydrogen-bond donors (Lipinski definition) is 0. The van der Waals surface area contributed by atoms with Crippen LogP contribution in [0.2, 0.25) is 0 Å². The Hall–Kier alpha value is -3.02. The number of anilines is 1. The van der Waals surface area contributed by atoms with Crippen LogP contribution in [0.25, 0.3) is 0 Å². The topological polar surface area (TPSA) is 59.1 Å². The van der Waals surface area contributed by atoms with Crippen molar-refractivity contribution in [2.75, 3.05) is 26.2 Å². The van der Waals surface area contributed by atoms with E-state index in [4.69, 9.17) is 9.47 Å². The molecule has 1 saturated carbocycles. The second-order valence-electron chi connectivity index (χ2n) is 8.68. The van der Waals surface area contributed by atoms with Gasteiger partial charge in [0.2, 0.25) is 11.8 Å². The molecule has 6 nitrogen and oxygen atoms in total. The zero-order chi connectivity index (χ0) is 22.7. The van der Waals surface area contributed by atoms with Gasteiger partial charge in [0.25, 0.3) is 0 Å². The summed E-state index contributed by atoms with van der Waals surface area (Å²) in [6.07, 6.45) is 5.31. The summed E-state index contributed by atoms with van der Waals surface area (Å²) < 4.78 is 11.0. The number of piperidine rings is 1. The van der Waals surface area contributed by atoms with E-state index in [1.54, 1.807) is 19.1 Å². The number of carbonyl (C=O) groups is 2. The molecule has 0 aromatic heterocycles. The van der Waals surface area contributed by atoms with E-state index in [1.807, 2.05) is 60.5 Å². The van der Waals surface area contributed by atoms with Crippen LogP contribution in [0.4, 0.5) is 5.69 Å². The van der Waals surface area contributed by atoms with E-state index in [-0.39, 0.29) is 23.8 Å². The molecule has 170 valence electrons. The van der Waals surface area contributed by atoms with Crippen LogP contribution in [0.1, 0.15) is 50.1 Å². The molecular weight excluding hydrogens is 404 g/mol. The molecule has 1 saturated heterocycles. The number of carbonyl (C=O) groups excluding carboxylic acids is 2. The lowest BCUT2D eigenvalue weighted by atomic mass is 9.82. The Morgan fingerprint density at radius 3 is 2.31 bits per heavy atom. The molecule has 6 heteroatoms. The standard InChI is InChI=1S/C26H32N2O4/c1-27(18-8-4-5-9-18)26(30)22-16-17-24(29)28(19-12-14-20(31-2)15-13-19)25(22)21-10-6-7-11-23(21)32-3/h6-7,10-15,18,22,25H,4-5,8-9,16-17H2,1-3H3. The van der Waals surface area contributed by atoms with Crippen LogP contribution in [0.15, 0.2) is 48.5 Å². The number of methoxy groups -OCH3 is 2. The monoisotopic (exact) mass is 436 g/mol. The summed E-state index contributed by atoms with van der Waals surface area (Å²) in [5, 5.41) is 0. The van der Waals surface area contributed by atoms with Crippen LogP contribution < -0.4 is 14.4 Å². The first-order chi connectivity index (χ1) is 15.5. The van der Waals surface area contributed by atoms with Crippen LogP contribution in [0.5, 0.6) is 11.5 Å². The Labute approximate surface area is 190 Å². The summed E-state index contributed by atoms with van der Waals surface area (Å²) >= 11 is 0. The highest BCUT2D eigenvalue weighted by atomic mass is 16.5. The number of nitrogens with zero attached hydrogens (tertiary/aromatic N) is 2. The van der Waals surface area contributed by atoms with Crippen molar-refractivity contribution in [1.82, 2.24) is 4.90 Å². The molecular formula is C26H32N2O4. The molecule has 4 rings (SSSR count). The number of ether oxygens (including phenoxy) is 2. The highest BCUT2D eigenvalue weighted by Crippen LogP contribution is 2.44. The number of hydrogen-bond acceptors (Lipinski definition) is 4.